The van der Waals surface area contributed by atoms with Gasteiger partial charge in [-0.1, -0.05) is 0 Å². The first-order valence-corrected chi connectivity index (χ1v) is 3.01. The normalized spacial score (nSPS) is 14.5. The number of rotatable bonds is 1. The van der Waals surface area contributed by atoms with Crippen LogP contribution in [0.3, 0.4) is 0 Å². The van der Waals surface area contributed by atoms with Crippen molar-refractivity contribution in [3.8, 4) is 0 Å². The number of allylic oxidation sites excluding steroid dienone is 1. The van der Waals surface area contributed by atoms with E-state index in [1.165, 1.54) is 6.08 Å². The van der Waals surface area contributed by atoms with Crippen LogP contribution in [-0.2, 0) is 9.59 Å². The number of aldehydes is 1. The fraction of sp³-hybridized carbons (Fsp3) is 0. The van der Waals surface area contributed by atoms with Gasteiger partial charge in [-0.3, -0.25) is 9.59 Å². The third-order valence-electron chi connectivity index (χ3n) is 1.75. The fourth-order valence-corrected chi connectivity index (χ4v) is 1.15. The number of carbonyl (C=O) groups excluding carboxylic acids is 2. The Balaban J connectivity index is 2.92. The minimum Gasteiger partial charge on any atom is -0.298 e. The van der Waals surface area contributed by atoms with Gasteiger partial charge in [0.05, 0.1) is 5.57 Å². The van der Waals surface area contributed by atoms with Gasteiger partial charge in [-0.15, -0.1) is 0 Å². The van der Waals surface area contributed by atoms with E-state index in [1.54, 1.807) is 5.94 Å². The summed E-state index contributed by atoms with van der Waals surface area (Å²) in [5.41, 5.74) is 0.274. The van der Waals surface area contributed by atoms with E-state index < -0.39 is 0 Å². The van der Waals surface area contributed by atoms with E-state index in [-0.39, 0.29) is 16.6 Å². The Labute approximate surface area is 60.6 Å². The summed E-state index contributed by atoms with van der Waals surface area (Å²) in [4.78, 5) is 31.2. The largest absolute Gasteiger partial charge is 0.298 e. The highest BCUT2D eigenvalue weighted by atomic mass is 16.1. The molecule has 0 bridgehead atoms. The van der Waals surface area contributed by atoms with Gasteiger partial charge in [-0.2, -0.15) is 0 Å². The lowest BCUT2D eigenvalue weighted by Crippen LogP contribution is -2.03. The lowest BCUT2D eigenvalue weighted by molar-refractivity contribution is -0.103. The van der Waals surface area contributed by atoms with Gasteiger partial charge in [0.2, 0.25) is 0 Å². The summed E-state index contributed by atoms with van der Waals surface area (Å²) >= 11 is 0. The second kappa shape index (κ2) is 1.65. The lowest BCUT2D eigenvalue weighted by Gasteiger charge is -1.85. The number of hydrogen-bond acceptors (Lipinski definition) is 3. The van der Waals surface area contributed by atoms with Crippen molar-refractivity contribution in [3.05, 3.63) is 26.2 Å². The molecule has 0 amide bonds. The van der Waals surface area contributed by atoms with Crippen LogP contribution in [0.25, 0.3) is 11.6 Å². The Kier molecular flexibility index (Phi) is 0.902. The standard InChI is InChI=1S/C8H2O3/c9-2-4-1-5-7(8(5)11)6(4)3-10/h1,3H. The molecule has 0 aromatic heterocycles. The first kappa shape index (κ1) is 6.01. The van der Waals surface area contributed by atoms with E-state index in [0.29, 0.717) is 16.7 Å². The molecule has 0 aliphatic heterocycles. The van der Waals surface area contributed by atoms with Crippen LogP contribution in [0.4, 0.5) is 0 Å². The topological polar surface area (TPSA) is 51.2 Å². The smallest absolute Gasteiger partial charge is 0.195 e. The van der Waals surface area contributed by atoms with Crippen molar-refractivity contribution in [2.45, 2.75) is 0 Å². The minimum atomic E-state index is -0.119. The average molecular weight is 146 g/mol. The molecule has 1 aliphatic carbocycles. The summed E-state index contributed by atoms with van der Waals surface area (Å²) in [6.07, 6.45) is 1.92. The van der Waals surface area contributed by atoms with Crippen LogP contribution in [0.1, 0.15) is 0 Å². The molecule has 0 N–H and O–H groups in total. The molecule has 52 valence electrons. The zero-order chi connectivity index (χ0) is 8.01. The summed E-state index contributed by atoms with van der Waals surface area (Å²) in [7, 11) is 0. The Bertz CT molecular complexity index is 517. The van der Waals surface area contributed by atoms with Crippen molar-refractivity contribution in [1.82, 2.24) is 0 Å². The van der Waals surface area contributed by atoms with Crippen molar-refractivity contribution in [3.63, 3.8) is 0 Å². The maximum Gasteiger partial charge on any atom is 0.195 e. The summed E-state index contributed by atoms with van der Waals surface area (Å²) in [6, 6.07) is 0. The second-order valence-electron chi connectivity index (χ2n) is 2.31. The molecule has 3 nitrogen and oxygen atoms in total. The van der Waals surface area contributed by atoms with E-state index in [0.717, 1.165) is 0 Å². The van der Waals surface area contributed by atoms with Gasteiger partial charge in [0, 0.05) is 16.0 Å². The molecule has 2 rings (SSSR count). The van der Waals surface area contributed by atoms with E-state index in [1.807, 2.05) is 0 Å². The van der Waals surface area contributed by atoms with Crippen LogP contribution in [-0.4, -0.2) is 12.2 Å². The molecule has 1 aliphatic rings. The molecule has 0 atom stereocenters. The second-order valence-corrected chi connectivity index (χ2v) is 2.31. The summed E-state index contributed by atoms with van der Waals surface area (Å²) in [5.74, 6) is 1.60. The van der Waals surface area contributed by atoms with Crippen molar-refractivity contribution in [2.24, 2.45) is 0 Å². The first-order chi connectivity index (χ1) is 5.29. The Morgan fingerprint density at radius 3 is 2.73 bits per heavy atom. The van der Waals surface area contributed by atoms with Crippen molar-refractivity contribution in [1.29, 1.82) is 0 Å². The molecule has 11 heavy (non-hydrogen) atoms. The molecular weight excluding hydrogens is 144 g/mol. The molecule has 1 aromatic carbocycles. The highest BCUT2D eigenvalue weighted by molar-refractivity contribution is 6.16. The number of fused-ring (bicyclic) bond motifs is 1. The quantitative estimate of drug-likeness (QED) is 0.334. The zero-order valence-electron chi connectivity index (χ0n) is 5.38. The molecule has 0 saturated heterocycles. The van der Waals surface area contributed by atoms with Gasteiger partial charge in [0.1, 0.15) is 5.94 Å². The summed E-state index contributed by atoms with van der Waals surface area (Å²) < 4.78 is 0. The third kappa shape index (κ3) is 0.552. The maximum absolute atomic E-state index is 10.7. The lowest BCUT2D eigenvalue weighted by atomic mass is 10.1. The van der Waals surface area contributed by atoms with Crippen LogP contribution in [0.15, 0.2) is 10.4 Å². The first-order valence-electron chi connectivity index (χ1n) is 3.01. The predicted octanol–water partition coefficient (Wildman–Crippen LogP) is -2.18. The van der Waals surface area contributed by atoms with Gasteiger partial charge < -0.3 is 0 Å². The van der Waals surface area contributed by atoms with Crippen LogP contribution >= 0.6 is 0 Å². The van der Waals surface area contributed by atoms with E-state index in [4.69, 9.17) is 0 Å². The van der Waals surface area contributed by atoms with Crippen molar-refractivity contribution in [2.75, 3.05) is 0 Å². The molecule has 0 fully saturated rings. The van der Waals surface area contributed by atoms with Crippen LogP contribution in [0.2, 0.25) is 0 Å². The fourth-order valence-electron chi connectivity index (χ4n) is 1.15. The van der Waals surface area contributed by atoms with Gasteiger partial charge in [-0.05, 0) is 6.08 Å². The van der Waals surface area contributed by atoms with E-state index >= 15 is 0 Å². The molecule has 0 heterocycles. The highest BCUT2D eigenvalue weighted by Crippen LogP contribution is 2.06. The van der Waals surface area contributed by atoms with Gasteiger partial charge in [0.25, 0.3) is 0 Å². The third-order valence-corrected chi connectivity index (χ3v) is 1.75. The molecule has 0 unspecified atom stereocenters. The maximum atomic E-state index is 10.7. The molecule has 3 heteroatoms. The SMILES string of the molecule is O=C=C1C=c2c(=O)c2=C1C=O. The number of carbonyl (C=O) groups is 1. The Morgan fingerprint density at radius 1 is 1.45 bits per heavy atom. The van der Waals surface area contributed by atoms with Crippen LogP contribution < -0.4 is 15.9 Å². The monoisotopic (exact) mass is 146 g/mol. The molecule has 0 saturated carbocycles. The van der Waals surface area contributed by atoms with Gasteiger partial charge >= 0.3 is 0 Å². The zero-order valence-corrected chi connectivity index (χ0v) is 5.38. The van der Waals surface area contributed by atoms with Crippen LogP contribution in [0, 0.1) is 0 Å². The minimum absolute atomic E-state index is 0.119. The highest BCUT2D eigenvalue weighted by Gasteiger charge is 2.21. The average Bonchev–Trinajstić information content (AvgIpc) is 2.50. The number of hydrogen-bond donors (Lipinski definition) is 0. The molecule has 0 spiro atoms. The van der Waals surface area contributed by atoms with Crippen LogP contribution in [0.5, 0.6) is 0 Å². The van der Waals surface area contributed by atoms with Crippen molar-refractivity contribution < 1.29 is 9.59 Å². The Morgan fingerprint density at radius 2 is 2.18 bits per heavy atom. The summed E-state index contributed by atoms with van der Waals surface area (Å²) in [5, 5.41) is 0.892. The molecule has 1 aromatic rings. The van der Waals surface area contributed by atoms with Crippen molar-refractivity contribution >= 4 is 23.9 Å². The summed E-state index contributed by atoms with van der Waals surface area (Å²) in [6.45, 7) is 0. The van der Waals surface area contributed by atoms with E-state index in [2.05, 4.69) is 0 Å². The van der Waals surface area contributed by atoms with E-state index in [9.17, 15) is 14.4 Å². The Hall–Kier alpha value is -1.73. The molecular formula is C8H2O3. The van der Waals surface area contributed by atoms with Gasteiger partial charge in [-0.25, -0.2) is 4.79 Å². The molecule has 0 radical (unpaired) electrons. The predicted molar refractivity (Wildman–Crippen MR) is 37.5 cm³/mol. The van der Waals surface area contributed by atoms with Gasteiger partial charge in [0.15, 0.2) is 11.7 Å².